The molecule has 0 aliphatic heterocycles. The fraction of sp³-hybridized carbons (Fsp3) is 0.0526. The van der Waals surface area contributed by atoms with E-state index in [1.165, 1.54) is 12.1 Å². The van der Waals surface area contributed by atoms with E-state index in [4.69, 9.17) is 10.5 Å². The fourth-order valence-corrected chi connectivity index (χ4v) is 2.26. The van der Waals surface area contributed by atoms with E-state index in [1.54, 1.807) is 12.1 Å². The molecular weight excluding hydrogens is 277 g/mol. The van der Waals surface area contributed by atoms with Gasteiger partial charge in [0.2, 0.25) is 0 Å². The predicted molar refractivity (Wildman–Crippen MR) is 87.0 cm³/mol. The van der Waals surface area contributed by atoms with Gasteiger partial charge in [-0.2, -0.15) is 0 Å². The molecule has 0 radical (unpaired) electrons. The molecule has 0 aliphatic rings. The molecule has 0 amide bonds. The number of rotatable bonds is 4. The van der Waals surface area contributed by atoms with Crippen molar-refractivity contribution in [2.75, 3.05) is 5.73 Å². The maximum Gasteiger partial charge on any atom is 0.142 e. The molecule has 110 valence electrons. The van der Waals surface area contributed by atoms with Gasteiger partial charge in [0.05, 0.1) is 5.69 Å². The topological polar surface area (TPSA) is 35.2 Å². The van der Waals surface area contributed by atoms with Gasteiger partial charge in [0.1, 0.15) is 18.2 Å². The zero-order valence-electron chi connectivity index (χ0n) is 12.0. The van der Waals surface area contributed by atoms with Crippen LogP contribution in [0.3, 0.4) is 0 Å². The number of hydrogen-bond acceptors (Lipinski definition) is 2. The van der Waals surface area contributed by atoms with Gasteiger partial charge in [-0.15, -0.1) is 0 Å². The van der Waals surface area contributed by atoms with E-state index >= 15 is 0 Å². The number of hydrogen-bond donors (Lipinski definition) is 1. The summed E-state index contributed by atoms with van der Waals surface area (Å²) >= 11 is 0. The van der Waals surface area contributed by atoms with Gasteiger partial charge in [0.25, 0.3) is 0 Å². The van der Waals surface area contributed by atoms with Crippen LogP contribution in [0.4, 0.5) is 10.1 Å². The zero-order valence-corrected chi connectivity index (χ0v) is 12.0. The van der Waals surface area contributed by atoms with Crippen LogP contribution in [-0.2, 0) is 6.61 Å². The molecule has 3 aromatic carbocycles. The van der Waals surface area contributed by atoms with Gasteiger partial charge < -0.3 is 10.5 Å². The van der Waals surface area contributed by atoms with Gasteiger partial charge in [0.15, 0.2) is 0 Å². The number of halogens is 1. The van der Waals surface area contributed by atoms with E-state index in [2.05, 4.69) is 0 Å². The molecule has 0 bridgehead atoms. The van der Waals surface area contributed by atoms with Crippen LogP contribution in [0.5, 0.6) is 5.75 Å². The summed E-state index contributed by atoms with van der Waals surface area (Å²) < 4.78 is 19.0. The lowest BCUT2D eigenvalue weighted by atomic mass is 10.0. The molecule has 0 saturated carbocycles. The third-order valence-electron chi connectivity index (χ3n) is 3.40. The van der Waals surface area contributed by atoms with Crippen molar-refractivity contribution in [2.24, 2.45) is 0 Å². The van der Waals surface area contributed by atoms with Crippen molar-refractivity contribution in [2.45, 2.75) is 6.61 Å². The van der Waals surface area contributed by atoms with Crippen LogP contribution in [0, 0.1) is 5.82 Å². The van der Waals surface area contributed by atoms with Gasteiger partial charge in [-0.25, -0.2) is 4.39 Å². The van der Waals surface area contributed by atoms with Crippen molar-refractivity contribution >= 4 is 5.69 Å². The number of anilines is 1. The third-order valence-corrected chi connectivity index (χ3v) is 3.40. The van der Waals surface area contributed by atoms with Crippen LogP contribution < -0.4 is 10.5 Å². The molecule has 22 heavy (non-hydrogen) atoms. The van der Waals surface area contributed by atoms with Crippen LogP contribution in [0.1, 0.15) is 5.56 Å². The molecule has 0 atom stereocenters. The van der Waals surface area contributed by atoms with Crippen molar-refractivity contribution in [1.82, 2.24) is 0 Å². The molecule has 0 aliphatic carbocycles. The van der Waals surface area contributed by atoms with Gasteiger partial charge in [-0.05, 0) is 41.0 Å². The standard InChI is InChI=1S/C19H16FNO/c20-17-8-4-7-15(11-17)16-9-10-19(18(21)12-16)22-13-14-5-2-1-3-6-14/h1-12H,13,21H2. The Morgan fingerprint density at radius 2 is 1.59 bits per heavy atom. The van der Waals surface area contributed by atoms with E-state index in [1.807, 2.05) is 48.5 Å². The van der Waals surface area contributed by atoms with Crippen molar-refractivity contribution in [1.29, 1.82) is 0 Å². The SMILES string of the molecule is Nc1cc(-c2cccc(F)c2)ccc1OCc1ccccc1. The summed E-state index contributed by atoms with van der Waals surface area (Å²) in [7, 11) is 0. The Kier molecular flexibility index (Phi) is 4.05. The molecule has 3 heteroatoms. The Morgan fingerprint density at radius 3 is 2.32 bits per heavy atom. The van der Waals surface area contributed by atoms with Crippen molar-refractivity contribution < 1.29 is 9.13 Å². The molecule has 0 heterocycles. The number of nitrogen functional groups attached to an aromatic ring is 1. The monoisotopic (exact) mass is 293 g/mol. The Morgan fingerprint density at radius 1 is 0.818 bits per heavy atom. The normalized spacial score (nSPS) is 10.4. The lowest BCUT2D eigenvalue weighted by Gasteiger charge is -2.11. The average Bonchev–Trinajstić information content (AvgIpc) is 2.54. The number of nitrogens with two attached hydrogens (primary N) is 1. The molecule has 0 fully saturated rings. The maximum atomic E-state index is 13.3. The first-order valence-corrected chi connectivity index (χ1v) is 7.04. The van der Waals surface area contributed by atoms with Gasteiger partial charge in [-0.1, -0.05) is 48.5 Å². The molecule has 2 nitrogen and oxygen atoms in total. The maximum absolute atomic E-state index is 13.3. The van der Waals surface area contributed by atoms with Gasteiger partial charge >= 0.3 is 0 Å². The largest absolute Gasteiger partial charge is 0.487 e. The minimum atomic E-state index is -0.263. The lowest BCUT2D eigenvalue weighted by molar-refractivity contribution is 0.308. The summed E-state index contributed by atoms with van der Waals surface area (Å²) in [5.41, 5.74) is 9.32. The van der Waals surface area contributed by atoms with Crippen LogP contribution in [-0.4, -0.2) is 0 Å². The molecular formula is C19H16FNO. The zero-order chi connectivity index (χ0) is 15.4. The number of benzene rings is 3. The van der Waals surface area contributed by atoms with E-state index in [-0.39, 0.29) is 5.82 Å². The van der Waals surface area contributed by atoms with Gasteiger partial charge in [-0.3, -0.25) is 0 Å². The average molecular weight is 293 g/mol. The first-order valence-electron chi connectivity index (χ1n) is 7.04. The highest BCUT2D eigenvalue weighted by Crippen LogP contribution is 2.29. The van der Waals surface area contributed by atoms with Crippen LogP contribution in [0.2, 0.25) is 0 Å². The summed E-state index contributed by atoms with van der Waals surface area (Å²) in [5, 5.41) is 0. The van der Waals surface area contributed by atoms with Crippen molar-refractivity contribution in [3.8, 4) is 16.9 Å². The fourth-order valence-electron chi connectivity index (χ4n) is 2.26. The summed E-state index contributed by atoms with van der Waals surface area (Å²) in [6.45, 7) is 0.463. The second-order valence-electron chi connectivity index (χ2n) is 5.04. The smallest absolute Gasteiger partial charge is 0.142 e. The van der Waals surface area contributed by atoms with E-state index in [0.717, 1.165) is 16.7 Å². The summed E-state index contributed by atoms with van der Waals surface area (Å²) in [4.78, 5) is 0. The Bertz CT molecular complexity index is 771. The molecule has 2 N–H and O–H groups in total. The quantitative estimate of drug-likeness (QED) is 0.710. The number of ether oxygens (including phenoxy) is 1. The molecule has 3 rings (SSSR count). The lowest BCUT2D eigenvalue weighted by Crippen LogP contribution is -1.98. The van der Waals surface area contributed by atoms with Crippen LogP contribution >= 0.6 is 0 Å². The van der Waals surface area contributed by atoms with E-state index < -0.39 is 0 Å². The summed E-state index contributed by atoms with van der Waals surface area (Å²) in [6.07, 6.45) is 0. The second-order valence-corrected chi connectivity index (χ2v) is 5.04. The predicted octanol–water partition coefficient (Wildman–Crippen LogP) is 4.65. The molecule has 0 saturated heterocycles. The highest BCUT2D eigenvalue weighted by atomic mass is 19.1. The molecule has 0 spiro atoms. The Hall–Kier alpha value is -2.81. The summed E-state index contributed by atoms with van der Waals surface area (Å²) in [5.74, 6) is 0.365. The first kappa shape index (κ1) is 14.1. The van der Waals surface area contributed by atoms with E-state index in [9.17, 15) is 4.39 Å². The molecule has 0 aromatic heterocycles. The van der Waals surface area contributed by atoms with Crippen LogP contribution in [0.25, 0.3) is 11.1 Å². The summed E-state index contributed by atoms with van der Waals surface area (Å²) in [6, 6.07) is 21.8. The van der Waals surface area contributed by atoms with Gasteiger partial charge in [0, 0.05) is 0 Å². The Balaban J connectivity index is 1.78. The third kappa shape index (κ3) is 3.26. The van der Waals surface area contributed by atoms with Crippen molar-refractivity contribution in [3.05, 3.63) is 84.2 Å². The van der Waals surface area contributed by atoms with E-state index in [0.29, 0.717) is 18.0 Å². The molecule has 0 unspecified atom stereocenters. The minimum Gasteiger partial charge on any atom is -0.487 e. The minimum absolute atomic E-state index is 0.263. The van der Waals surface area contributed by atoms with Crippen LogP contribution in [0.15, 0.2) is 72.8 Å². The first-order chi connectivity index (χ1) is 10.7. The van der Waals surface area contributed by atoms with Crippen molar-refractivity contribution in [3.63, 3.8) is 0 Å². The Labute approximate surface area is 129 Å². The second kappa shape index (κ2) is 6.31. The highest BCUT2D eigenvalue weighted by Gasteiger charge is 2.05. The molecule has 3 aromatic rings. The highest BCUT2D eigenvalue weighted by molar-refractivity contribution is 5.70.